The Labute approximate surface area is 111 Å². The maximum atomic E-state index is 11.6. The van der Waals surface area contributed by atoms with Crippen LogP contribution in [-0.2, 0) is 4.79 Å². The SMILES string of the molecule is CCOc1cccc(SCC(=O)NC2CC2)c1N. The fourth-order valence-electron chi connectivity index (χ4n) is 1.57. The Kier molecular flexibility index (Phi) is 4.36. The van der Waals surface area contributed by atoms with E-state index in [0.717, 1.165) is 17.7 Å². The van der Waals surface area contributed by atoms with E-state index in [1.165, 1.54) is 11.8 Å². The van der Waals surface area contributed by atoms with Gasteiger partial charge in [-0.05, 0) is 31.9 Å². The number of nitrogens with one attached hydrogen (secondary N) is 1. The highest BCUT2D eigenvalue weighted by Crippen LogP contribution is 2.32. The summed E-state index contributed by atoms with van der Waals surface area (Å²) in [6.45, 7) is 2.50. The van der Waals surface area contributed by atoms with Gasteiger partial charge in [0.15, 0.2) is 0 Å². The number of amides is 1. The van der Waals surface area contributed by atoms with Crippen molar-refractivity contribution in [3.05, 3.63) is 18.2 Å². The summed E-state index contributed by atoms with van der Waals surface area (Å²) in [6.07, 6.45) is 2.22. The van der Waals surface area contributed by atoms with Gasteiger partial charge < -0.3 is 15.8 Å². The van der Waals surface area contributed by atoms with E-state index in [1.54, 1.807) is 0 Å². The van der Waals surface area contributed by atoms with E-state index < -0.39 is 0 Å². The van der Waals surface area contributed by atoms with Crippen LogP contribution in [0.3, 0.4) is 0 Å². The van der Waals surface area contributed by atoms with E-state index >= 15 is 0 Å². The largest absolute Gasteiger partial charge is 0.492 e. The van der Waals surface area contributed by atoms with Crippen LogP contribution in [0.1, 0.15) is 19.8 Å². The minimum atomic E-state index is 0.0729. The zero-order valence-corrected chi connectivity index (χ0v) is 11.3. The van der Waals surface area contributed by atoms with Crippen LogP contribution in [0.25, 0.3) is 0 Å². The molecule has 0 unspecified atom stereocenters. The molecule has 1 aromatic rings. The van der Waals surface area contributed by atoms with Crippen LogP contribution in [0.5, 0.6) is 5.75 Å². The first kappa shape index (κ1) is 13.1. The number of carbonyl (C=O) groups excluding carboxylic acids is 1. The Bertz CT molecular complexity index is 433. The number of anilines is 1. The molecule has 1 aliphatic rings. The highest BCUT2D eigenvalue weighted by atomic mass is 32.2. The molecular weight excluding hydrogens is 248 g/mol. The van der Waals surface area contributed by atoms with Crippen LogP contribution in [0, 0.1) is 0 Å². The van der Waals surface area contributed by atoms with Crippen LogP contribution < -0.4 is 15.8 Å². The number of nitrogen functional groups attached to an aromatic ring is 1. The molecule has 0 spiro atoms. The van der Waals surface area contributed by atoms with Crippen LogP contribution >= 0.6 is 11.8 Å². The smallest absolute Gasteiger partial charge is 0.230 e. The first-order valence-corrected chi connectivity index (χ1v) is 7.12. The second-order valence-electron chi connectivity index (χ2n) is 4.23. The van der Waals surface area contributed by atoms with Crippen molar-refractivity contribution in [2.24, 2.45) is 0 Å². The van der Waals surface area contributed by atoms with Gasteiger partial charge in [0.05, 0.1) is 18.0 Å². The lowest BCUT2D eigenvalue weighted by atomic mass is 10.3. The highest BCUT2D eigenvalue weighted by Gasteiger charge is 2.23. The number of rotatable bonds is 6. The third-order valence-electron chi connectivity index (χ3n) is 2.63. The molecule has 1 aliphatic carbocycles. The van der Waals surface area contributed by atoms with Crippen molar-refractivity contribution >= 4 is 23.4 Å². The summed E-state index contributed by atoms with van der Waals surface area (Å²) < 4.78 is 5.42. The minimum Gasteiger partial charge on any atom is -0.492 e. The fourth-order valence-corrected chi connectivity index (χ4v) is 2.37. The van der Waals surface area contributed by atoms with Crippen molar-refractivity contribution in [1.29, 1.82) is 0 Å². The van der Waals surface area contributed by atoms with Gasteiger partial charge in [0.2, 0.25) is 5.91 Å². The van der Waals surface area contributed by atoms with Gasteiger partial charge in [-0.25, -0.2) is 0 Å². The van der Waals surface area contributed by atoms with Crippen molar-refractivity contribution in [3.8, 4) is 5.75 Å². The summed E-state index contributed by atoms with van der Waals surface area (Å²) in [7, 11) is 0. The number of thioether (sulfide) groups is 1. The molecule has 0 heterocycles. The Morgan fingerprint density at radius 3 is 3.00 bits per heavy atom. The van der Waals surface area contributed by atoms with E-state index in [-0.39, 0.29) is 5.91 Å². The average molecular weight is 266 g/mol. The predicted octanol–water partition coefficient (Wildman–Crippen LogP) is 2.04. The second kappa shape index (κ2) is 6.00. The zero-order valence-electron chi connectivity index (χ0n) is 10.4. The molecular formula is C13H18N2O2S. The molecule has 0 aliphatic heterocycles. The molecule has 0 atom stereocenters. The van der Waals surface area contributed by atoms with Gasteiger partial charge in [0, 0.05) is 10.9 Å². The Hall–Kier alpha value is -1.36. The van der Waals surface area contributed by atoms with Gasteiger partial charge in [0.25, 0.3) is 0 Å². The summed E-state index contributed by atoms with van der Waals surface area (Å²) in [6, 6.07) is 6.05. The van der Waals surface area contributed by atoms with Gasteiger partial charge in [-0.15, -0.1) is 11.8 Å². The molecule has 5 heteroatoms. The topological polar surface area (TPSA) is 64.3 Å². The van der Waals surface area contributed by atoms with Crippen molar-refractivity contribution in [2.75, 3.05) is 18.1 Å². The second-order valence-corrected chi connectivity index (χ2v) is 5.25. The lowest BCUT2D eigenvalue weighted by Crippen LogP contribution is -2.27. The molecule has 1 aromatic carbocycles. The summed E-state index contributed by atoms with van der Waals surface area (Å²) in [4.78, 5) is 12.5. The molecule has 0 aromatic heterocycles. The predicted molar refractivity (Wildman–Crippen MR) is 73.9 cm³/mol. The lowest BCUT2D eigenvalue weighted by molar-refractivity contribution is -0.118. The number of ether oxygens (including phenoxy) is 1. The molecule has 1 amide bonds. The monoisotopic (exact) mass is 266 g/mol. The van der Waals surface area contributed by atoms with Crippen LogP contribution in [0.2, 0.25) is 0 Å². The van der Waals surface area contributed by atoms with Gasteiger partial charge in [-0.3, -0.25) is 4.79 Å². The Balaban J connectivity index is 1.91. The quantitative estimate of drug-likeness (QED) is 0.611. The van der Waals surface area contributed by atoms with Crippen molar-refractivity contribution in [2.45, 2.75) is 30.7 Å². The molecule has 0 bridgehead atoms. The van der Waals surface area contributed by atoms with Crippen LogP contribution in [-0.4, -0.2) is 24.3 Å². The van der Waals surface area contributed by atoms with Crippen molar-refractivity contribution in [1.82, 2.24) is 5.32 Å². The number of carbonyl (C=O) groups is 1. The zero-order chi connectivity index (χ0) is 13.0. The van der Waals surface area contributed by atoms with E-state index in [4.69, 9.17) is 10.5 Å². The normalized spacial score (nSPS) is 14.3. The molecule has 0 saturated heterocycles. The molecule has 18 heavy (non-hydrogen) atoms. The molecule has 3 N–H and O–H groups in total. The number of hydrogen-bond donors (Lipinski definition) is 2. The number of benzene rings is 1. The minimum absolute atomic E-state index is 0.0729. The number of para-hydroxylation sites is 1. The third-order valence-corrected chi connectivity index (χ3v) is 3.70. The highest BCUT2D eigenvalue weighted by molar-refractivity contribution is 8.00. The average Bonchev–Trinajstić information content (AvgIpc) is 3.14. The summed E-state index contributed by atoms with van der Waals surface area (Å²) in [5.41, 5.74) is 6.61. The van der Waals surface area contributed by atoms with Crippen LogP contribution in [0.15, 0.2) is 23.1 Å². The van der Waals surface area contributed by atoms with Gasteiger partial charge >= 0.3 is 0 Å². The third kappa shape index (κ3) is 3.57. The fraction of sp³-hybridized carbons (Fsp3) is 0.462. The molecule has 2 rings (SSSR count). The number of hydrogen-bond acceptors (Lipinski definition) is 4. The van der Waals surface area contributed by atoms with Crippen molar-refractivity contribution < 1.29 is 9.53 Å². The maximum absolute atomic E-state index is 11.6. The molecule has 1 saturated carbocycles. The van der Waals surface area contributed by atoms with Gasteiger partial charge in [-0.2, -0.15) is 0 Å². The Morgan fingerprint density at radius 1 is 1.56 bits per heavy atom. The molecule has 1 fully saturated rings. The van der Waals surface area contributed by atoms with E-state index in [2.05, 4.69) is 5.32 Å². The Morgan fingerprint density at radius 2 is 2.33 bits per heavy atom. The van der Waals surface area contributed by atoms with E-state index in [9.17, 15) is 4.79 Å². The summed E-state index contributed by atoms with van der Waals surface area (Å²) in [5.74, 6) is 1.16. The first-order valence-electron chi connectivity index (χ1n) is 6.14. The lowest BCUT2D eigenvalue weighted by Gasteiger charge is -2.10. The van der Waals surface area contributed by atoms with Crippen molar-refractivity contribution in [3.63, 3.8) is 0 Å². The van der Waals surface area contributed by atoms with E-state index in [0.29, 0.717) is 29.8 Å². The molecule has 4 nitrogen and oxygen atoms in total. The maximum Gasteiger partial charge on any atom is 0.230 e. The van der Waals surface area contributed by atoms with Gasteiger partial charge in [-0.1, -0.05) is 6.07 Å². The molecule has 0 radical (unpaired) electrons. The summed E-state index contributed by atoms with van der Waals surface area (Å²) in [5, 5.41) is 2.95. The van der Waals surface area contributed by atoms with Gasteiger partial charge in [0.1, 0.15) is 5.75 Å². The van der Waals surface area contributed by atoms with E-state index in [1.807, 2.05) is 25.1 Å². The first-order chi connectivity index (χ1) is 8.70. The van der Waals surface area contributed by atoms with Crippen LogP contribution in [0.4, 0.5) is 5.69 Å². The number of nitrogens with two attached hydrogens (primary N) is 1. The molecule has 98 valence electrons. The summed E-state index contributed by atoms with van der Waals surface area (Å²) >= 11 is 1.45. The standard InChI is InChI=1S/C13H18N2O2S/c1-2-17-10-4-3-5-11(13(10)14)18-8-12(16)15-9-6-7-9/h3-5,9H,2,6-8,14H2,1H3,(H,15,16).